The van der Waals surface area contributed by atoms with Crippen LogP contribution in [-0.4, -0.2) is 18.9 Å². The maximum atomic E-state index is 13.3. The molecule has 3 aromatic rings. The van der Waals surface area contributed by atoms with Gasteiger partial charge in [0.25, 0.3) is 0 Å². The molecule has 0 amide bonds. The molecule has 1 aliphatic carbocycles. The first kappa shape index (κ1) is 17.1. The second-order valence-corrected chi connectivity index (χ2v) is 6.61. The van der Waals surface area contributed by atoms with Crippen LogP contribution < -0.4 is 10.1 Å². The van der Waals surface area contributed by atoms with Crippen molar-refractivity contribution in [3.63, 3.8) is 0 Å². The highest BCUT2D eigenvalue weighted by Gasteiger charge is 2.49. The van der Waals surface area contributed by atoms with E-state index in [-0.39, 0.29) is 11.8 Å². The maximum absolute atomic E-state index is 13.3. The molecule has 0 saturated carbocycles. The molecular weight excluding hydrogens is 334 g/mol. The van der Waals surface area contributed by atoms with Gasteiger partial charge >= 0.3 is 0 Å². The molecule has 27 heavy (non-hydrogen) atoms. The lowest BCUT2D eigenvalue weighted by molar-refractivity contribution is -0.117. The largest absolute Gasteiger partial charge is 0.497 e. The van der Waals surface area contributed by atoms with Gasteiger partial charge in [0.05, 0.1) is 13.2 Å². The zero-order valence-corrected chi connectivity index (χ0v) is 15.1. The van der Waals surface area contributed by atoms with Gasteiger partial charge < -0.3 is 10.1 Å². The van der Waals surface area contributed by atoms with Crippen LogP contribution in [0, 0.1) is 0 Å². The second kappa shape index (κ2) is 7.12. The number of ether oxygens (including phenoxy) is 1. The van der Waals surface area contributed by atoms with Gasteiger partial charge in [0, 0.05) is 5.69 Å². The number of methoxy groups -OCH3 is 1. The molecule has 3 aromatic carbocycles. The molecule has 4 rings (SSSR count). The van der Waals surface area contributed by atoms with E-state index in [0.29, 0.717) is 0 Å². The molecule has 0 heterocycles. The molecule has 1 aliphatic rings. The zero-order chi connectivity index (χ0) is 18.7. The lowest BCUT2D eigenvalue weighted by Gasteiger charge is -2.36. The van der Waals surface area contributed by atoms with E-state index in [1.165, 1.54) is 0 Å². The van der Waals surface area contributed by atoms with Crippen LogP contribution in [0.1, 0.15) is 11.1 Å². The van der Waals surface area contributed by atoms with Crippen molar-refractivity contribution in [2.24, 2.45) is 0 Å². The Labute approximate surface area is 159 Å². The van der Waals surface area contributed by atoms with Gasteiger partial charge in [-0.25, -0.2) is 0 Å². The van der Waals surface area contributed by atoms with E-state index in [4.69, 9.17) is 4.74 Å². The van der Waals surface area contributed by atoms with Gasteiger partial charge in [-0.2, -0.15) is 0 Å². The summed E-state index contributed by atoms with van der Waals surface area (Å²) in [6.45, 7) is 0. The molecule has 3 nitrogen and oxygen atoms in total. The molecule has 0 radical (unpaired) electrons. The third-order valence-electron chi connectivity index (χ3n) is 5.17. The molecule has 1 N–H and O–H groups in total. The van der Waals surface area contributed by atoms with Crippen molar-refractivity contribution in [3.8, 4) is 5.75 Å². The Morgan fingerprint density at radius 1 is 0.815 bits per heavy atom. The SMILES string of the molecule is COc1ccc(NC2C=CC(=O)C2(c2ccccc2)c2ccccc2)cc1. The Morgan fingerprint density at radius 2 is 1.37 bits per heavy atom. The smallest absolute Gasteiger partial charge is 0.172 e. The number of nitrogens with one attached hydrogen (secondary N) is 1. The molecule has 0 spiro atoms. The number of carbonyl (C=O) groups is 1. The number of rotatable bonds is 5. The maximum Gasteiger partial charge on any atom is 0.172 e. The molecule has 0 aromatic heterocycles. The van der Waals surface area contributed by atoms with E-state index in [0.717, 1.165) is 22.6 Å². The molecule has 0 saturated heterocycles. The lowest BCUT2D eigenvalue weighted by atomic mass is 9.69. The summed E-state index contributed by atoms with van der Waals surface area (Å²) in [5.74, 6) is 0.891. The average molecular weight is 355 g/mol. The monoisotopic (exact) mass is 355 g/mol. The van der Waals surface area contributed by atoms with E-state index < -0.39 is 5.41 Å². The second-order valence-electron chi connectivity index (χ2n) is 6.61. The summed E-state index contributed by atoms with van der Waals surface area (Å²) in [5.41, 5.74) is 2.12. The first-order valence-electron chi connectivity index (χ1n) is 8.99. The third-order valence-corrected chi connectivity index (χ3v) is 5.17. The van der Waals surface area contributed by atoms with Crippen molar-refractivity contribution in [3.05, 3.63) is 108 Å². The van der Waals surface area contributed by atoms with E-state index in [2.05, 4.69) is 5.32 Å². The van der Waals surface area contributed by atoms with Crippen molar-refractivity contribution < 1.29 is 9.53 Å². The molecule has 134 valence electrons. The number of allylic oxidation sites excluding steroid dienone is 1. The fourth-order valence-corrected chi connectivity index (χ4v) is 3.85. The van der Waals surface area contributed by atoms with Crippen LogP contribution in [0.3, 0.4) is 0 Å². The Balaban J connectivity index is 1.81. The lowest BCUT2D eigenvalue weighted by Crippen LogP contribution is -2.46. The number of carbonyl (C=O) groups excluding carboxylic acids is 1. The van der Waals surface area contributed by atoms with Gasteiger partial charge in [0.15, 0.2) is 5.78 Å². The first-order chi connectivity index (χ1) is 13.2. The zero-order valence-electron chi connectivity index (χ0n) is 15.1. The van der Waals surface area contributed by atoms with Gasteiger partial charge in [-0.05, 0) is 41.5 Å². The summed E-state index contributed by atoms with van der Waals surface area (Å²) in [6, 6.07) is 27.6. The highest BCUT2D eigenvalue weighted by atomic mass is 16.5. The molecule has 3 heteroatoms. The predicted octanol–water partition coefficient (Wildman–Crippen LogP) is 4.60. The van der Waals surface area contributed by atoms with Crippen LogP contribution in [0.5, 0.6) is 5.75 Å². The summed E-state index contributed by atoms with van der Waals surface area (Å²) < 4.78 is 5.24. The minimum atomic E-state index is -0.789. The van der Waals surface area contributed by atoms with Crippen molar-refractivity contribution in [2.75, 3.05) is 12.4 Å². The summed E-state index contributed by atoms with van der Waals surface area (Å²) in [5, 5.41) is 3.55. The number of hydrogen-bond acceptors (Lipinski definition) is 3. The fourth-order valence-electron chi connectivity index (χ4n) is 3.85. The van der Waals surface area contributed by atoms with Crippen LogP contribution in [-0.2, 0) is 10.2 Å². The predicted molar refractivity (Wildman–Crippen MR) is 108 cm³/mol. The topological polar surface area (TPSA) is 38.3 Å². The fraction of sp³-hybridized carbons (Fsp3) is 0.125. The van der Waals surface area contributed by atoms with Crippen LogP contribution in [0.4, 0.5) is 5.69 Å². The molecule has 0 fully saturated rings. The van der Waals surface area contributed by atoms with E-state index in [1.54, 1.807) is 13.2 Å². The normalized spacial score (nSPS) is 17.7. The van der Waals surface area contributed by atoms with Crippen LogP contribution >= 0.6 is 0 Å². The Bertz CT molecular complexity index is 907. The van der Waals surface area contributed by atoms with Crippen LogP contribution in [0.2, 0.25) is 0 Å². The van der Waals surface area contributed by atoms with Crippen molar-refractivity contribution in [1.29, 1.82) is 0 Å². The van der Waals surface area contributed by atoms with Gasteiger partial charge in [0.1, 0.15) is 11.2 Å². The number of benzene rings is 3. The quantitative estimate of drug-likeness (QED) is 0.727. The number of hydrogen-bond donors (Lipinski definition) is 1. The van der Waals surface area contributed by atoms with Crippen molar-refractivity contribution >= 4 is 11.5 Å². The molecule has 1 atom stereocenters. The van der Waals surface area contributed by atoms with Crippen LogP contribution in [0.25, 0.3) is 0 Å². The summed E-state index contributed by atoms with van der Waals surface area (Å²) >= 11 is 0. The Morgan fingerprint density at radius 3 is 1.89 bits per heavy atom. The molecule has 0 aliphatic heterocycles. The molecule has 0 bridgehead atoms. The summed E-state index contributed by atoms with van der Waals surface area (Å²) in [4.78, 5) is 13.3. The molecular formula is C24H21NO2. The van der Waals surface area contributed by atoms with Gasteiger partial charge in [0.2, 0.25) is 0 Å². The summed E-state index contributed by atoms with van der Waals surface area (Å²) in [6.07, 6.45) is 3.66. The van der Waals surface area contributed by atoms with Gasteiger partial charge in [-0.1, -0.05) is 66.7 Å². The van der Waals surface area contributed by atoms with Gasteiger partial charge in [-0.3, -0.25) is 4.79 Å². The van der Waals surface area contributed by atoms with E-state index in [9.17, 15) is 4.79 Å². The average Bonchev–Trinajstić information content (AvgIpc) is 3.06. The third kappa shape index (κ3) is 2.91. The minimum Gasteiger partial charge on any atom is -0.497 e. The number of anilines is 1. The standard InChI is InChI=1S/C24H21NO2/c1-27-21-14-12-20(13-15-21)25-22-16-17-23(26)24(22,18-8-4-2-5-9-18)19-10-6-3-7-11-19/h2-17,22,25H,1H3. The van der Waals surface area contributed by atoms with Crippen molar-refractivity contribution in [2.45, 2.75) is 11.5 Å². The minimum absolute atomic E-state index is 0.0888. The Kier molecular flexibility index (Phi) is 4.51. The molecule has 1 unspecified atom stereocenters. The van der Waals surface area contributed by atoms with Crippen LogP contribution in [0.15, 0.2) is 97.1 Å². The van der Waals surface area contributed by atoms with E-state index in [1.807, 2.05) is 91.0 Å². The first-order valence-corrected chi connectivity index (χ1v) is 8.99. The number of ketones is 1. The highest BCUT2D eigenvalue weighted by molar-refractivity contribution is 6.06. The van der Waals surface area contributed by atoms with Crippen molar-refractivity contribution in [1.82, 2.24) is 0 Å². The van der Waals surface area contributed by atoms with Gasteiger partial charge in [-0.15, -0.1) is 0 Å². The van der Waals surface area contributed by atoms with E-state index >= 15 is 0 Å². The highest BCUT2D eigenvalue weighted by Crippen LogP contribution is 2.42. The Hall–Kier alpha value is -3.33. The summed E-state index contributed by atoms with van der Waals surface area (Å²) in [7, 11) is 1.65.